The van der Waals surface area contributed by atoms with Crippen molar-refractivity contribution in [2.45, 2.75) is 291 Å². The van der Waals surface area contributed by atoms with Crippen LogP contribution in [0.15, 0.2) is 0 Å². The standard InChI is InChI=1S/C56H108O17P2/c1-6-10-13-16-18-20-21-26-30-35-40-54(59)67-46-52(73-56(61)42-37-32-27-23-22-24-29-33-38-49(5)9-4)48-71-75(64,65)69-44-50(57)43-68-74(62,63)70-47-51(45-66-53(58)39-34-28-15-12-8-3)72-55(60)41-36-31-25-19-17-14-11-7-2/h49-52,57H,6-48H2,1-5H3,(H,62,63)(H,64,65)/t49?,50-,51+,52+/m0/s1. The molecule has 0 aromatic rings. The Morgan fingerprint density at radius 2 is 0.640 bits per heavy atom. The number of carbonyl (C=O) groups excluding carboxylic acids is 4. The predicted octanol–water partition coefficient (Wildman–Crippen LogP) is 14.7. The SMILES string of the molecule is CCCCCCCCCCCCC(=O)OC[C@H](COP(=O)(O)OC[C@@H](O)COP(=O)(O)OC[C@@H](COC(=O)CCCCCCC)OC(=O)CCCCCCCCCC)OC(=O)CCCCCCCCCCC(C)CC. The molecule has 0 saturated carbocycles. The summed E-state index contributed by atoms with van der Waals surface area (Å²) in [5, 5.41) is 10.5. The minimum Gasteiger partial charge on any atom is -0.462 e. The van der Waals surface area contributed by atoms with Crippen molar-refractivity contribution in [1.82, 2.24) is 0 Å². The van der Waals surface area contributed by atoms with Crippen LogP contribution in [0.4, 0.5) is 0 Å². The number of phosphoric ester groups is 2. The second kappa shape index (κ2) is 50.3. The summed E-state index contributed by atoms with van der Waals surface area (Å²) in [6.07, 6.45) is 31.0. The molecule has 0 aliphatic carbocycles. The molecule has 0 fully saturated rings. The molecule has 0 rings (SSSR count). The number of hydrogen-bond acceptors (Lipinski definition) is 15. The van der Waals surface area contributed by atoms with Crippen molar-refractivity contribution < 1.29 is 80.2 Å². The Labute approximate surface area is 454 Å². The minimum absolute atomic E-state index is 0.104. The maximum Gasteiger partial charge on any atom is 0.472 e. The Kier molecular flexibility index (Phi) is 49.0. The highest BCUT2D eigenvalue weighted by Crippen LogP contribution is 2.45. The van der Waals surface area contributed by atoms with Gasteiger partial charge >= 0.3 is 39.5 Å². The molecule has 0 aliphatic rings. The highest BCUT2D eigenvalue weighted by molar-refractivity contribution is 7.47. The zero-order valence-corrected chi connectivity index (χ0v) is 49.5. The molecule has 17 nitrogen and oxygen atoms in total. The molecule has 3 unspecified atom stereocenters. The van der Waals surface area contributed by atoms with Crippen LogP contribution in [0.1, 0.15) is 272 Å². The molecule has 0 heterocycles. The summed E-state index contributed by atoms with van der Waals surface area (Å²) in [4.78, 5) is 71.5. The number of phosphoric acid groups is 2. The van der Waals surface area contributed by atoms with Gasteiger partial charge in [0.05, 0.1) is 26.4 Å². The number of unbranched alkanes of at least 4 members (excludes halogenated alkanes) is 27. The van der Waals surface area contributed by atoms with Crippen molar-refractivity contribution in [2.75, 3.05) is 39.6 Å². The lowest BCUT2D eigenvalue weighted by molar-refractivity contribution is -0.161. The van der Waals surface area contributed by atoms with E-state index in [0.717, 1.165) is 109 Å². The van der Waals surface area contributed by atoms with Crippen LogP contribution in [-0.2, 0) is 65.4 Å². The van der Waals surface area contributed by atoms with Crippen molar-refractivity contribution >= 4 is 39.5 Å². The molecule has 0 aromatic carbocycles. The lowest BCUT2D eigenvalue weighted by Gasteiger charge is -2.21. The Morgan fingerprint density at radius 3 is 0.947 bits per heavy atom. The first-order valence-electron chi connectivity index (χ1n) is 29.7. The van der Waals surface area contributed by atoms with E-state index in [1.807, 2.05) is 0 Å². The van der Waals surface area contributed by atoms with E-state index in [9.17, 15) is 43.2 Å². The van der Waals surface area contributed by atoms with Gasteiger partial charge in [-0.3, -0.25) is 37.3 Å². The van der Waals surface area contributed by atoms with Gasteiger partial charge in [-0.25, -0.2) is 9.13 Å². The third-order valence-electron chi connectivity index (χ3n) is 13.1. The first-order valence-corrected chi connectivity index (χ1v) is 32.7. The fourth-order valence-corrected chi connectivity index (χ4v) is 9.71. The van der Waals surface area contributed by atoms with E-state index in [2.05, 4.69) is 34.6 Å². The van der Waals surface area contributed by atoms with Crippen molar-refractivity contribution in [3.05, 3.63) is 0 Å². The lowest BCUT2D eigenvalue weighted by atomic mass is 9.99. The van der Waals surface area contributed by atoms with Crippen LogP contribution in [0.5, 0.6) is 0 Å². The van der Waals surface area contributed by atoms with Crippen LogP contribution in [-0.4, -0.2) is 96.7 Å². The minimum atomic E-state index is -4.93. The molecule has 75 heavy (non-hydrogen) atoms. The summed E-state index contributed by atoms with van der Waals surface area (Å²) in [6, 6.07) is 0. The Bertz CT molecular complexity index is 1490. The Morgan fingerprint density at radius 1 is 0.373 bits per heavy atom. The summed E-state index contributed by atoms with van der Waals surface area (Å²) in [5.74, 6) is -1.39. The number of carbonyl (C=O) groups is 4. The highest BCUT2D eigenvalue weighted by atomic mass is 31.2. The van der Waals surface area contributed by atoms with Crippen LogP contribution in [0.3, 0.4) is 0 Å². The van der Waals surface area contributed by atoms with Gasteiger partial charge < -0.3 is 33.8 Å². The second-order valence-corrected chi connectivity index (χ2v) is 23.5. The average molecular weight is 1120 g/mol. The number of aliphatic hydroxyl groups is 1. The van der Waals surface area contributed by atoms with Gasteiger partial charge in [-0.05, 0) is 31.6 Å². The van der Waals surface area contributed by atoms with Crippen LogP contribution in [0.2, 0.25) is 0 Å². The number of rotatable bonds is 56. The second-order valence-electron chi connectivity index (χ2n) is 20.6. The summed E-state index contributed by atoms with van der Waals surface area (Å²) in [6.45, 7) is 7.00. The van der Waals surface area contributed by atoms with Gasteiger partial charge in [0.15, 0.2) is 12.2 Å². The first-order chi connectivity index (χ1) is 36.1. The first kappa shape index (κ1) is 73.1. The molecule has 0 aromatic heterocycles. The quantitative estimate of drug-likeness (QED) is 0.0222. The van der Waals surface area contributed by atoms with E-state index < -0.39 is 97.5 Å². The normalized spacial score (nSPS) is 14.8. The third kappa shape index (κ3) is 50.1. The number of esters is 4. The van der Waals surface area contributed by atoms with Crippen LogP contribution < -0.4 is 0 Å². The molecule has 0 aliphatic heterocycles. The average Bonchev–Trinajstić information content (AvgIpc) is 3.38. The Hall–Kier alpha value is -1.94. The molecule has 3 N–H and O–H groups in total. The molecule has 0 amide bonds. The smallest absolute Gasteiger partial charge is 0.462 e. The van der Waals surface area contributed by atoms with Crippen molar-refractivity contribution in [3.63, 3.8) is 0 Å². The molecule has 6 atom stereocenters. The number of aliphatic hydroxyl groups excluding tert-OH is 1. The lowest BCUT2D eigenvalue weighted by Crippen LogP contribution is -2.30. The van der Waals surface area contributed by atoms with Crippen LogP contribution in [0.25, 0.3) is 0 Å². The molecule has 19 heteroatoms. The summed E-state index contributed by atoms with van der Waals surface area (Å²) in [7, 11) is -9.86. The molecule has 0 radical (unpaired) electrons. The van der Waals surface area contributed by atoms with Gasteiger partial charge in [-0.2, -0.15) is 0 Å². The van der Waals surface area contributed by atoms with E-state index >= 15 is 0 Å². The highest BCUT2D eigenvalue weighted by Gasteiger charge is 2.30. The predicted molar refractivity (Wildman–Crippen MR) is 294 cm³/mol. The monoisotopic (exact) mass is 1110 g/mol. The Balaban J connectivity index is 5.19. The zero-order valence-electron chi connectivity index (χ0n) is 47.7. The van der Waals surface area contributed by atoms with E-state index in [-0.39, 0.29) is 25.7 Å². The molecule has 444 valence electrons. The molecule has 0 saturated heterocycles. The topological polar surface area (TPSA) is 237 Å². The fraction of sp³-hybridized carbons (Fsp3) is 0.929. The van der Waals surface area contributed by atoms with Crippen molar-refractivity contribution in [2.24, 2.45) is 5.92 Å². The summed E-state index contributed by atoms with van der Waals surface area (Å²) < 4.78 is 67.4. The fourth-order valence-electron chi connectivity index (χ4n) is 8.14. The summed E-state index contributed by atoms with van der Waals surface area (Å²) in [5.41, 5.74) is 0. The van der Waals surface area contributed by atoms with Gasteiger partial charge in [0.25, 0.3) is 0 Å². The maximum absolute atomic E-state index is 12.9. The van der Waals surface area contributed by atoms with E-state index in [0.29, 0.717) is 25.7 Å². The van der Waals surface area contributed by atoms with Crippen LogP contribution >= 0.6 is 15.6 Å². The summed E-state index contributed by atoms with van der Waals surface area (Å²) >= 11 is 0. The molecule has 0 bridgehead atoms. The zero-order chi connectivity index (χ0) is 55.7. The van der Waals surface area contributed by atoms with Gasteiger partial charge in [0, 0.05) is 25.7 Å². The van der Waals surface area contributed by atoms with Gasteiger partial charge in [-0.1, -0.05) is 221 Å². The van der Waals surface area contributed by atoms with Gasteiger partial charge in [0.2, 0.25) is 0 Å². The van der Waals surface area contributed by atoms with Crippen molar-refractivity contribution in [1.29, 1.82) is 0 Å². The number of hydrogen-bond donors (Lipinski definition) is 3. The van der Waals surface area contributed by atoms with Crippen LogP contribution in [0, 0.1) is 5.92 Å². The van der Waals surface area contributed by atoms with Gasteiger partial charge in [-0.15, -0.1) is 0 Å². The molecular formula is C56H108O17P2. The molecular weight excluding hydrogens is 1010 g/mol. The van der Waals surface area contributed by atoms with Gasteiger partial charge in [0.1, 0.15) is 19.3 Å². The van der Waals surface area contributed by atoms with E-state index in [1.165, 1.54) is 83.5 Å². The van der Waals surface area contributed by atoms with E-state index in [1.54, 1.807) is 0 Å². The molecule has 0 spiro atoms. The number of ether oxygens (including phenoxy) is 4. The largest absolute Gasteiger partial charge is 0.472 e. The third-order valence-corrected chi connectivity index (χ3v) is 15.0. The van der Waals surface area contributed by atoms with Crippen molar-refractivity contribution in [3.8, 4) is 0 Å². The van der Waals surface area contributed by atoms with E-state index in [4.69, 9.17) is 37.0 Å². The maximum atomic E-state index is 12.9.